The number of amides is 4. The zero-order chi connectivity index (χ0) is 57.0. The maximum atomic E-state index is 13.3. The van der Waals surface area contributed by atoms with Gasteiger partial charge in [-0.3, -0.25) is 19.2 Å². The van der Waals surface area contributed by atoms with Crippen LogP contribution in [0.4, 0.5) is 15.4 Å². The van der Waals surface area contributed by atoms with Gasteiger partial charge in [-0.15, -0.1) is 0 Å². The fourth-order valence-electron chi connectivity index (χ4n) is 7.09. The standard InChI is InChI=1S/C54H68ClN9O12S/c1-31(2)23-41(62-51(69)75-53(5,6)7)47(67)59-21-19-43(65)72-29-38(74-44(66)20-22-60-48(68)42(24-32(3)4)63-52(70)76-54(8,9)10)28-71-37-17-13-33(14-18-37)45-39(25-56)46(58)64-50(40(45)26-57)77-30-36-27-73-49(61-36)34-11-15-35(55)16-12-34/h11-18,27,31-32,38,41-42H,19-24,28-30H2,1-10H3,(H2,58,64)(H,59,67)(H,60,68)(H,62,69)(H,63,70)/t38-,41-,42-/m0/s1. The van der Waals surface area contributed by atoms with Crippen LogP contribution in [0.15, 0.2) is 64.2 Å². The number of nitriles is 2. The number of nitrogens with zero attached hydrogens (tertiary/aromatic N) is 4. The molecule has 2 aromatic carbocycles. The molecular formula is C54H68ClN9O12S. The van der Waals surface area contributed by atoms with E-state index in [2.05, 4.69) is 43.4 Å². The van der Waals surface area contributed by atoms with Crippen LogP contribution in [0.25, 0.3) is 22.6 Å². The zero-order valence-electron chi connectivity index (χ0n) is 45.0. The second-order valence-corrected chi connectivity index (χ2v) is 21.9. The minimum atomic E-state index is -1.19. The van der Waals surface area contributed by atoms with Gasteiger partial charge in [-0.05, 0) is 108 Å². The predicted molar refractivity (Wildman–Crippen MR) is 287 cm³/mol. The highest BCUT2D eigenvalue weighted by Crippen LogP contribution is 2.37. The largest absolute Gasteiger partial charge is 0.490 e. The number of nitrogen functional groups attached to an aromatic ring is 1. The number of esters is 2. The molecule has 3 atom stereocenters. The number of thioether (sulfide) groups is 1. The Labute approximate surface area is 458 Å². The van der Waals surface area contributed by atoms with Gasteiger partial charge in [-0.1, -0.05) is 63.2 Å². The summed E-state index contributed by atoms with van der Waals surface area (Å²) in [5, 5.41) is 31.8. The molecule has 0 spiro atoms. The normalized spacial score (nSPS) is 12.5. The van der Waals surface area contributed by atoms with E-state index in [9.17, 15) is 39.3 Å². The molecule has 0 unspecified atom stereocenters. The van der Waals surface area contributed by atoms with E-state index in [1.165, 1.54) is 18.0 Å². The number of oxazole rings is 1. The highest BCUT2D eigenvalue weighted by Gasteiger charge is 2.28. The Hall–Kier alpha value is -7.56. The van der Waals surface area contributed by atoms with Crippen molar-refractivity contribution in [1.29, 1.82) is 10.5 Å². The summed E-state index contributed by atoms with van der Waals surface area (Å²) >= 11 is 7.21. The van der Waals surface area contributed by atoms with Gasteiger partial charge >= 0.3 is 24.1 Å². The van der Waals surface area contributed by atoms with Crippen molar-refractivity contribution >= 4 is 65.1 Å². The lowest BCUT2D eigenvalue weighted by atomic mass is 9.97. The zero-order valence-corrected chi connectivity index (χ0v) is 46.6. The summed E-state index contributed by atoms with van der Waals surface area (Å²) in [5.74, 6) is -1.75. The second-order valence-electron chi connectivity index (χ2n) is 20.5. The van der Waals surface area contributed by atoms with Crippen LogP contribution in [0.3, 0.4) is 0 Å². The van der Waals surface area contributed by atoms with Crippen LogP contribution < -0.4 is 31.7 Å². The summed E-state index contributed by atoms with van der Waals surface area (Å²) in [7, 11) is 0. The summed E-state index contributed by atoms with van der Waals surface area (Å²) in [6.45, 7) is 16.6. The van der Waals surface area contributed by atoms with E-state index in [1.54, 1.807) is 90.1 Å². The summed E-state index contributed by atoms with van der Waals surface area (Å²) in [5.41, 5.74) is 6.75. The van der Waals surface area contributed by atoms with Crippen molar-refractivity contribution in [2.45, 2.75) is 135 Å². The Morgan fingerprint density at radius 2 is 1.25 bits per heavy atom. The number of rotatable bonds is 25. The van der Waals surface area contributed by atoms with Gasteiger partial charge in [0.15, 0.2) is 6.10 Å². The monoisotopic (exact) mass is 1100 g/mol. The van der Waals surface area contributed by atoms with Gasteiger partial charge in [0.1, 0.15) is 77.1 Å². The lowest BCUT2D eigenvalue weighted by molar-refractivity contribution is -0.160. The van der Waals surface area contributed by atoms with E-state index in [0.29, 0.717) is 35.0 Å². The molecule has 4 amide bonds. The Kier molecular flexibility index (Phi) is 23.4. The summed E-state index contributed by atoms with van der Waals surface area (Å²) in [6, 6.07) is 15.7. The number of halogens is 1. The second kappa shape index (κ2) is 29.1. The van der Waals surface area contributed by atoms with Crippen molar-refractivity contribution in [3.63, 3.8) is 0 Å². The number of ether oxygens (including phenoxy) is 5. The van der Waals surface area contributed by atoms with E-state index < -0.39 is 71.9 Å². The van der Waals surface area contributed by atoms with Crippen molar-refractivity contribution in [3.05, 3.63) is 76.6 Å². The molecule has 4 rings (SSSR count). The van der Waals surface area contributed by atoms with Gasteiger partial charge in [0, 0.05) is 35.0 Å². The molecule has 0 bridgehead atoms. The maximum absolute atomic E-state index is 13.3. The smallest absolute Gasteiger partial charge is 0.408 e. The summed E-state index contributed by atoms with van der Waals surface area (Å²) in [6.07, 6.45) is -1.23. The van der Waals surface area contributed by atoms with E-state index in [4.69, 9.17) is 45.4 Å². The maximum Gasteiger partial charge on any atom is 0.408 e. The number of carbonyl (C=O) groups is 6. The molecule has 414 valence electrons. The first-order chi connectivity index (χ1) is 36.2. The number of anilines is 1. The average Bonchev–Trinajstić information content (AvgIpc) is 3.82. The van der Waals surface area contributed by atoms with E-state index in [1.807, 2.05) is 27.7 Å². The summed E-state index contributed by atoms with van der Waals surface area (Å²) < 4.78 is 33.5. The van der Waals surface area contributed by atoms with Gasteiger partial charge in [0.25, 0.3) is 0 Å². The van der Waals surface area contributed by atoms with E-state index in [-0.39, 0.29) is 83.4 Å². The van der Waals surface area contributed by atoms with Crippen LogP contribution in [-0.2, 0) is 43.9 Å². The highest BCUT2D eigenvalue weighted by atomic mass is 35.5. The van der Waals surface area contributed by atoms with Crippen LogP contribution in [0, 0.1) is 34.5 Å². The van der Waals surface area contributed by atoms with Crippen molar-refractivity contribution in [2.75, 3.05) is 32.0 Å². The van der Waals surface area contributed by atoms with Gasteiger partial charge < -0.3 is 55.1 Å². The predicted octanol–water partition coefficient (Wildman–Crippen LogP) is 8.40. The molecule has 0 radical (unpaired) electrons. The Morgan fingerprint density at radius 3 is 1.75 bits per heavy atom. The number of nitrogens with two attached hydrogens (primary N) is 1. The number of benzene rings is 2. The van der Waals surface area contributed by atoms with Gasteiger partial charge in [0.05, 0.1) is 24.1 Å². The molecule has 77 heavy (non-hydrogen) atoms. The molecule has 0 aliphatic heterocycles. The van der Waals surface area contributed by atoms with Gasteiger partial charge in [0.2, 0.25) is 17.7 Å². The molecule has 21 nitrogen and oxygen atoms in total. The Balaban J connectivity index is 1.46. The highest BCUT2D eigenvalue weighted by molar-refractivity contribution is 7.98. The molecule has 0 saturated carbocycles. The molecule has 0 aliphatic rings. The molecule has 0 fully saturated rings. The number of hydrogen-bond acceptors (Lipinski definition) is 18. The Bertz CT molecular complexity index is 2760. The lowest BCUT2D eigenvalue weighted by Crippen LogP contribution is -2.49. The fourth-order valence-corrected chi connectivity index (χ4v) is 8.08. The molecule has 4 aromatic rings. The fraction of sp³-hybridized carbons (Fsp3) is 0.481. The summed E-state index contributed by atoms with van der Waals surface area (Å²) in [4.78, 5) is 86.4. The third kappa shape index (κ3) is 21.5. The third-order valence-electron chi connectivity index (χ3n) is 10.4. The van der Waals surface area contributed by atoms with Crippen LogP contribution >= 0.6 is 23.4 Å². The molecule has 6 N–H and O–H groups in total. The first-order valence-corrected chi connectivity index (χ1v) is 26.2. The van der Waals surface area contributed by atoms with Crippen molar-refractivity contribution < 1.29 is 56.9 Å². The topological polar surface area (TPSA) is 309 Å². The van der Waals surface area contributed by atoms with Gasteiger partial charge in [-0.2, -0.15) is 10.5 Å². The number of carbonyl (C=O) groups excluding carboxylic acids is 6. The minimum absolute atomic E-state index is 0.0156. The average molecular weight is 1100 g/mol. The molecular weight excluding hydrogens is 1030 g/mol. The molecule has 0 aliphatic carbocycles. The van der Waals surface area contributed by atoms with E-state index in [0.717, 1.165) is 5.56 Å². The molecule has 2 heterocycles. The number of nitrogens with one attached hydrogen (secondary N) is 4. The quantitative estimate of drug-likeness (QED) is 0.0236. The molecule has 0 saturated heterocycles. The van der Waals surface area contributed by atoms with Crippen LogP contribution in [0.1, 0.15) is 112 Å². The van der Waals surface area contributed by atoms with Gasteiger partial charge in [-0.25, -0.2) is 19.6 Å². The van der Waals surface area contributed by atoms with Crippen LogP contribution in [0.2, 0.25) is 5.02 Å². The number of aromatic nitrogens is 2. The minimum Gasteiger partial charge on any atom is -0.490 e. The SMILES string of the molecule is CC(C)C[C@H](NC(=O)OC(C)(C)C)C(=O)NCCC(=O)OC[C@H](COc1ccc(-c2c(C#N)c(N)nc(SCc3coc(-c4ccc(Cl)cc4)n3)c2C#N)cc1)OC(=O)CCNC(=O)[C@H](CC(C)C)NC(=O)OC(C)(C)C. The molecule has 23 heteroatoms. The number of hydrogen-bond donors (Lipinski definition) is 5. The number of alkyl carbamates (subject to hydrolysis) is 2. The lowest BCUT2D eigenvalue weighted by Gasteiger charge is -2.24. The van der Waals surface area contributed by atoms with Crippen LogP contribution in [-0.4, -0.2) is 102 Å². The molecule has 2 aromatic heterocycles. The van der Waals surface area contributed by atoms with Crippen LogP contribution in [0.5, 0.6) is 5.75 Å². The van der Waals surface area contributed by atoms with Crippen molar-refractivity contribution in [2.24, 2.45) is 11.8 Å². The Morgan fingerprint density at radius 1 is 0.727 bits per heavy atom. The first kappa shape index (κ1) is 62.0. The van der Waals surface area contributed by atoms with E-state index >= 15 is 0 Å². The number of pyridine rings is 1. The van der Waals surface area contributed by atoms with Crippen molar-refractivity contribution in [1.82, 2.24) is 31.2 Å². The third-order valence-corrected chi connectivity index (χ3v) is 11.7. The first-order valence-electron chi connectivity index (χ1n) is 24.8. The van der Waals surface area contributed by atoms with Crippen molar-refractivity contribution in [3.8, 4) is 40.5 Å².